The molecular weight excluding hydrogens is 620 g/mol. The van der Waals surface area contributed by atoms with Gasteiger partial charge in [-0.15, -0.1) is 0 Å². The maximum Gasteiger partial charge on any atom is 0.173 e. The van der Waals surface area contributed by atoms with Gasteiger partial charge in [0.1, 0.15) is 16.8 Å². The molecule has 0 unspecified atom stereocenters. The van der Waals surface area contributed by atoms with Gasteiger partial charge in [-0.05, 0) is 42.8 Å². The van der Waals surface area contributed by atoms with E-state index < -0.39 is 13.6 Å². The van der Waals surface area contributed by atoms with E-state index in [1.165, 1.54) is 43.6 Å². The normalized spacial score (nSPS) is 11.6. The van der Waals surface area contributed by atoms with Gasteiger partial charge in [-0.1, -0.05) is 188 Å². The molecule has 0 bridgehead atoms. The minimum Gasteiger partial charge on any atom is -0.195 e. The van der Waals surface area contributed by atoms with Crippen molar-refractivity contribution in [1.29, 1.82) is 0 Å². The molecule has 0 aliphatic rings. The van der Waals surface area contributed by atoms with Crippen molar-refractivity contribution in [3.8, 4) is 0 Å². The Balaban J connectivity index is 0.000000173. The molecule has 7 rings (SSSR count). The highest BCUT2D eigenvalue weighted by atomic mass is 31.2. The van der Waals surface area contributed by atoms with Gasteiger partial charge in [-0.3, -0.25) is 0 Å². The Labute approximate surface area is 299 Å². The molecule has 0 saturated heterocycles. The van der Waals surface area contributed by atoms with Gasteiger partial charge in [-0.2, -0.15) is 26.5 Å². The SMILES string of the molecule is Cc1ccc(/C=C/[P+](c2ccccc2)(c2ccccc2)N(C)C)cc1.c1ccc([B-](c2ccccc2)(c2ccccc2)c2ccccc2)cc1. The summed E-state index contributed by atoms with van der Waals surface area (Å²) in [5.74, 6) is 2.42. The van der Waals surface area contributed by atoms with Gasteiger partial charge in [0.05, 0.1) is 5.82 Å². The maximum atomic E-state index is 2.42. The fourth-order valence-corrected chi connectivity index (χ4v) is 10.7. The predicted octanol–water partition coefficient (Wildman–Crippen LogP) is 8.17. The molecular formula is C47H45BNP. The molecule has 0 aliphatic carbocycles. The molecule has 0 aromatic heterocycles. The molecule has 1 nitrogen and oxygen atoms in total. The molecule has 0 radical (unpaired) electrons. The second kappa shape index (κ2) is 16.4. The van der Waals surface area contributed by atoms with E-state index in [0.717, 1.165) is 0 Å². The number of rotatable bonds is 9. The highest BCUT2D eigenvalue weighted by Crippen LogP contribution is 2.59. The molecule has 0 spiro atoms. The number of hydrogen-bond acceptors (Lipinski definition) is 1. The average Bonchev–Trinajstić information content (AvgIpc) is 3.19. The Morgan fingerprint density at radius 3 is 1.00 bits per heavy atom. The first-order valence-electron chi connectivity index (χ1n) is 17.4. The van der Waals surface area contributed by atoms with Gasteiger partial charge in [0.15, 0.2) is 7.41 Å². The third kappa shape index (κ3) is 7.34. The van der Waals surface area contributed by atoms with Crippen LogP contribution in [0, 0.1) is 6.92 Å². The van der Waals surface area contributed by atoms with Gasteiger partial charge in [0.25, 0.3) is 0 Å². The molecule has 0 atom stereocenters. The fraction of sp³-hybridized carbons (Fsp3) is 0.0638. The van der Waals surface area contributed by atoms with Crippen LogP contribution in [0.2, 0.25) is 0 Å². The molecule has 0 fully saturated rings. The molecule has 0 N–H and O–H groups in total. The quantitative estimate of drug-likeness (QED) is 0.111. The summed E-state index contributed by atoms with van der Waals surface area (Å²) in [5, 5.41) is 2.74. The lowest BCUT2D eigenvalue weighted by molar-refractivity contribution is 0.681. The van der Waals surface area contributed by atoms with Crippen LogP contribution in [0.1, 0.15) is 11.1 Å². The molecule has 0 saturated carbocycles. The molecule has 3 heteroatoms. The zero-order valence-electron chi connectivity index (χ0n) is 29.3. The van der Waals surface area contributed by atoms with E-state index in [4.69, 9.17) is 0 Å². The van der Waals surface area contributed by atoms with Crippen LogP contribution in [-0.4, -0.2) is 24.9 Å². The summed E-state index contributed by atoms with van der Waals surface area (Å²) in [7, 11) is 2.58. The standard InChI is InChI=1S/C24H20B.C23H25NP/c1-5-13-21(14-6-1)25(22-15-7-2-8-16-22,23-17-9-3-10-18-23)24-19-11-4-12-20-24;1-20-14-16-21(17-15-20)18-19-25(24(2)3,22-10-6-4-7-11-22)23-12-8-5-9-13-23/h1-20H;4-19H,1-3H3/q-1;+1/b;19-18+. The van der Waals surface area contributed by atoms with Crippen molar-refractivity contribution < 1.29 is 0 Å². The van der Waals surface area contributed by atoms with E-state index in [0.29, 0.717) is 0 Å². The van der Waals surface area contributed by atoms with E-state index in [9.17, 15) is 0 Å². The first kappa shape index (κ1) is 34.6. The second-order valence-corrected chi connectivity index (χ2v) is 16.4. The summed E-state index contributed by atoms with van der Waals surface area (Å²) >= 11 is 0. The van der Waals surface area contributed by atoms with Crippen LogP contribution in [0.3, 0.4) is 0 Å². The van der Waals surface area contributed by atoms with Crippen LogP contribution >= 0.6 is 7.41 Å². The van der Waals surface area contributed by atoms with Crippen molar-refractivity contribution in [1.82, 2.24) is 4.67 Å². The van der Waals surface area contributed by atoms with E-state index in [-0.39, 0.29) is 0 Å². The van der Waals surface area contributed by atoms with Crippen LogP contribution < -0.4 is 32.5 Å². The minimum absolute atomic E-state index is 1.22. The van der Waals surface area contributed by atoms with Crippen molar-refractivity contribution in [2.75, 3.05) is 14.1 Å². The van der Waals surface area contributed by atoms with Crippen molar-refractivity contribution in [2.45, 2.75) is 6.92 Å². The zero-order valence-corrected chi connectivity index (χ0v) is 30.2. The van der Waals surface area contributed by atoms with Crippen molar-refractivity contribution in [3.63, 3.8) is 0 Å². The van der Waals surface area contributed by atoms with Crippen LogP contribution in [-0.2, 0) is 0 Å². The van der Waals surface area contributed by atoms with Gasteiger partial charge < -0.3 is 0 Å². The lowest BCUT2D eigenvalue weighted by atomic mass is 9.13. The Morgan fingerprint density at radius 1 is 0.400 bits per heavy atom. The topological polar surface area (TPSA) is 3.24 Å². The van der Waals surface area contributed by atoms with E-state index in [1.54, 1.807) is 0 Å². The lowest BCUT2D eigenvalue weighted by Gasteiger charge is -2.44. The van der Waals surface area contributed by atoms with Gasteiger partial charge in [0.2, 0.25) is 0 Å². The van der Waals surface area contributed by atoms with E-state index in [2.05, 4.69) is 244 Å². The maximum absolute atomic E-state index is 2.42. The van der Waals surface area contributed by atoms with Crippen LogP contribution in [0.4, 0.5) is 0 Å². The molecule has 0 aliphatic heterocycles. The van der Waals surface area contributed by atoms with Crippen molar-refractivity contribution >= 4 is 52.1 Å². The molecule has 0 amide bonds. The highest BCUT2D eigenvalue weighted by molar-refractivity contribution is 7.90. The van der Waals surface area contributed by atoms with Gasteiger partial charge in [0, 0.05) is 14.1 Å². The third-order valence-electron chi connectivity index (χ3n) is 9.69. The van der Waals surface area contributed by atoms with Crippen molar-refractivity contribution in [2.24, 2.45) is 0 Å². The molecule has 7 aromatic rings. The third-order valence-corrected chi connectivity index (χ3v) is 13.7. The predicted molar refractivity (Wildman–Crippen MR) is 223 cm³/mol. The fourth-order valence-electron chi connectivity index (χ4n) is 7.22. The number of benzene rings is 7. The summed E-state index contributed by atoms with van der Waals surface area (Å²) in [5.41, 5.74) is 7.88. The van der Waals surface area contributed by atoms with E-state index in [1.807, 2.05) is 0 Å². The number of aryl methyl sites for hydroxylation is 1. The largest absolute Gasteiger partial charge is 0.195 e. The lowest BCUT2D eigenvalue weighted by Crippen LogP contribution is -2.74. The Morgan fingerprint density at radius 2 is 0.700 bits per heavy atom. The summed E-state index contributed by atoms with van der Waals surface area (Å²) in [6, 6.07) is 73.9. The Hall–Kier alpha value is -5.27. The van der Waals surface area contributed by atoms with E-state index >= 15 is 0 Å². The summed E-state index contributed by atoms with van der Waals surface area (Å²) in [4.78, 5) is 0. The Bertz CT molecular complexity index is 1850. The minimum atomic E-state index is -1.80. The molecule has 50 heavy (non-hydrogen) atoms. The first-order valence-corrected chi connectivity index (χ1v) is 19.2. The average molecular weight is 666 g/mol. The van der Waals surface area contributed by atoms with Crippen molar-refractivity contribution in [3.05, 3.63) is 223 Å². The van der Waals surface area contributed by atoms with Gasteiger partial charge in [-0.25, -0.2) is 0 Å². The highest BCUT2D eigenvalue weighted by Gasteiger charge is 2.43. The molecule has 246 valence electrons. The molecule has 7 aromatic carbocycles. The summed E-state index contributed by atoms with van der Waals surface area (Å²) < 4.78 is 2.39. The number of hydrogen-bond donors (Lipinski definition) is 0. The smallest absolute Gasteiger partial charge is 0.173 e. The van der Waals surface area contributed by atoms with Crippen LogP contribution in [0.25, 0.3) is 6.08 Å². The zero-order chi connectivity index (χ0) is 34.7. The summed E-state index contributed by atoms with van der Waals surface area (Å²) in [6.45, 7) is 2.12. The monoisotopic (exact) mass is 665 g/mol. The number of nitrogens with zero attached hydrogens (tertiary/aromatic N) is 1. The Kier molecular flexibility index (Phi) is 11.4. The van der Waals surface area contributed by atoms with Gasteiger partial charge >= 0.3 is 0 Å². The second-order valence-electron chi connectivity index (χ2n) is 12.9. The summed E-state index contributed by atoms with van der Waals surface area (Å²) in [6.07, 6.45) is 1.06. The van der Waals surface area contributed by atoms with Crippen LogP contribution in [0.15, 0.2) is 212 Å². The first-order chi connectivity index (χ1) is 24.5. The van der Waals surface area contributed by atoms with Crippen LogP contribution in [0.5, 0.6) is 0 Å². The molecule has 0 heterocycles.